The zero-order valence-electron chi connectivity index (χ0n) is 13.5. The van der Waals surface area contributed by atoms with Crippen molar-refractivity contribution in [2.45, 2.75) is 30.6 Å². The van der Waals surface area contributed by atoms with Gasteiger partial charge in [-0.1, -0.05) is 17.7 Å². The molecule has 2 aromatic rings. The summed E-state index contributed by atoms with van der Waals surface area (Å²) in [5, 5.41) is 0.455. The topological polar surface area (TPSA) is 72.5 Å². The van der Waals surface area contributed by atoms with Gasteiger partial charge in [0.1, 0.15) is 5.75 Å². The molecule has 3 rings (SSSR count). The third-order valence-electron chi connectivity index (χ3n) is 4.05. The molecule has 134 valence electrons. The number of nitrogens with one attached hydrogen (secondary N) is 1. The molecule has 0 radical (unpaired) electrons. The normalized spacial score (nSPS) is 13.0. The molecule has 2 aromatic carbocycles. The van der Waals surface area contributed by atoms with Crippen LogP contribution in [0, 0.1) is 0 Å². The zero-order valence-corrected chi connectivity index (χ0v) is 15.1. The number of ether oxygens (including phenoxy) is 1. The van der Waals surface area contributed by atoms with Crippen LogP contribution >= 0.6 is 11.6 Å². The van der Waals surface area contributed by atoms with Crippen LogP contribution in [0.15, 0.2) is 47.4 Å². The fourth-order valence-electron chi connectivity index (χ4n) is 2.78. The Morgan fingerprint density at radius 2 is 1.77 bits per heavy atom. The Labute approximate surface area is 180 Å². The van der Waals surface area contributed by atoms with E-state index in [1.165, 1.54) is 35.4 Å². The molecule has 0 amide bonds. The molecule has 8 heteroatoms. The standard InChI is InChI=1S/C18H18ClNO4S.Na.H/c19-15-5-8-17(9-6-15)25(22,23)20-11-10-18(21)24-16-7-4-13-2-1-3-14(13)12-16;;/h4-9,12,20H,1-3,10-11H2;;. The van der Waals surface area contributed by atoms with Crippen molar-refractivity contribution in [3.05, 3.63) is 58.6 Å². The van der Waals surface area contributed by atoms with E-state index in [2.05, 4.69) is 4.72 Å². The van der Waals surface area contributed by atoms with Crippen molar-refractivity contribution in [3.63, 3.8) is 0 Å². The van der Waals surface area contributed by atoms with Gasteiger partial charge in [0.25, 0.3) is 0 Å². The average molecular weight is 404 g/mol. The summed E-state index contributed by atoms with van der Waals surface area (Å²) in [5.41, 5.74) is 2.52. The number of rotatable bonds is 6. The Hall–Kier alpha value is -0.890. The van der Waals surface area contributed by atoms with Crippen molar-refractivity contribution < 1.29 is 17.9 Å². The van der Waals surface area contributed by atoms with Gasteiger partial charge in [-0.05, 0) is 66.8 Å². The minimum absolute atomic E-state index is 0. The molecule has 0 bridgehead atoms. The van der Waals surface area contributed by atoms with Crippen molar-refractivity contribution in [2.75, 3.05) is 6.54 Å². The van der Waals surface area contributed by atoms with Crippen LogP contribution in [0.5, 0.6) is 5.75 Å². The molecule has 0 saturated carbocycles. The number of benzene rings is 2. The molecular formula is C18H19ClNNaO4S. The summed E-state index contributed by atoms with van der Waals surface area (Å²) in [6, 6.07) is 11.5. The third kappa shape index (κ3) is 5.55. The minimum atomic E-state index is -3.67. The Kier molecular flexibility index (Phi) is 7.70. The van der Waals surface area contributed by atoms with Gasteiger partial charge < -0.3 is 4.74 Å². The molecule has 0 aromatic heterocycles. The number of aryl methyl sites for hydroxylation is 2. The molecule has 0 heterocycles. The van der Waals surface area contributed by atoms with Gasteiger partial charge in [0, 0.05) is 11.6 Å². The van der Waals surface area contributed by atoms with Gasteiger partial charge in [0.2, 0.25) is 10.0 Å². The van der Waals surface area contributed by atoms with Crippen LogP contribution in [0.25, 0.3) is 0 Å². The van der Waals surface area contributed by atoms with Crippen LogP contribution in [0.3, 0.4) is 0 Å². The van der Waals surface area contributed by atoms with Crippen molar-refractivity contribution in [1.82, 2.24) is 4.72 Å². The van der Waals surface area contributed by atoms with Crippen LogP contribution < -0.4 is 9.46 Å². The van der Waals surface area contributed by atoms with E-state index >= 15 is 0 Å². The number of hydrogen-bond acceptors (Lipinski definition) is 4. The Morgan fingerprint density at radius 3 is 2.50 bits per heavy atom. The Bertz CT molecular complexity index is 885. The number of carbonyl (C=O) groups is 1. The predicted molar refractivity (Wildman–Crippen MR) is 103 cm³/mol. The van der Waals surface area contributed by atoms with Gasteiger partial charge in [0.05, 0.1) is 11.3 Å². The maximum atomic E-state index is 12.1. The Balaban J connectivity index is 0.00000243. The van der Waals surface area contributed by atoms with Crippen molar-refractivity contribution in [2.24, 2.45) is 0 Å². The van der Waals surface area contributed by atoms with Crippen molar-refractivity contribution in [1.29, 1.82) is 0 Å². The van der Waals surface area contributed by atoms with Gasteiger partial charge in [-0.15, -0.1) is 0 Å². The predicted octanol–water partition coefficient (Wildman–Crippen LogP) is 2.45. The van der Waals surface area contributed by atoms with E-state index in [4.69, 9.17) is 16.3 Å². The van der Waals surface area contributed by atoms with Crippen molar-refractivity contribution >= 4 is 57.2 Å². The fraction of sp³-hybridized carbons (Fsp3) is 0.278. The van der Waals surface area contributed by atoms with Gasteiger partial charge in [-0.25, -0.2) is 13.1 Å². The first-order valence-electron chi connectivity index (χ1n) is 8.02. The Morgan fingerprint density at radius 1 is 1.08 bits per heavy atom. The van der Waals surface area contributed by atoms with E-state index in [9.17, 15) is 13.2 Å². The third-order valence-corrected chi connectivity index (χ3v) is 5.78. The molecule has 0 aliphatic heterocycles. The second-order valence-electron chi connectivity index (χ2n) is 5.86. The summed E-state index contributed by atoms with van der Waals surface area (Å²) < 4.78 is 31.9. The molecule has 1 N–H and O–H groups in total. The van der Waals surface area contributed by atoms with Crippen LogP contribution in [-0.4, -0.2) is 50.5 Å². The summed E-state index contributed by atoms with van der Waals surface area (Å²) in [5.74, 6) is 0.0305. The quantitative estimate of drug-likeness (QED) is 0.457. The monoisotopic (exact) mass is 403 g/mol. The van der Waals surface area contributed by atoms with Crippen LogP contribution in [0.1, 0.15) is 24.0 Å². The summed E-state index contributed by atoms with van der Waals surface area (Å²) >= 11 is 5.74. The van der Waals surface area contributed by atoms with Crippen LogP contribution in [-0.2, 0) is 27.7 Å². The van der Waals surface area contributed by atoms with Gasteiger partial charge in [0.15, 0.2) is 0 Å². The number of halogens is 1. The van der Waals surface area contributed by atoms with E-state index in [1.54, 1.807) is 6.07 Å². The molecule has 1 aliphatic rings. The van der Waals surface area contributed by atoms with E-state index in [0.29, 0.717) is 10.8 Å². The number of hydrogen-bond donors (Lipinski definition) is 1. The molecule has 0 unspecified atom stereocenters. The fourth-order valence-corrected chi connectivity index (χ4v) is 3.94. The summed E-state index contributed by atoms with van der Waals surface area (Å²) in [7, 11) is -3.67. The number of fused-ring (bicyclic) bond motifs is 1. The first kappa shape index (κ1) is 21.4. The van der Waals surface area contributed by atoms with E-state index in [0.717, 1.165) is 19.3 Å². The first-order valence-corrected chi connectivity index (χ1v) is 9.88. The van der Waals surface area contributed by atoms with Gasteiger partial charge in [-0.3, -0.25) is 4.79 Å². The van der Waals surface area contributed by atoms with Gasteiger partial charge in [-0.2, -0.15) is 0 Å². The van der Waals surface area contributed by atoms with E-state index in [-0.39, 0.29) is 47.4 Å². The number of sulfonamides is 1. The van der Waals surface area contributed by atoms with E-state index in [1.807, 2.05) is 12.1 Å². The molecule has 26 heavy (non-hydrogen) atoms. The maximum absolute atomic E-state index is 12.1. The average Bonchev–Trinajstić information content (AvgIpc) is 3.02. The second-order valence-corrected chi connectivity index (χ2v) is 8.06. The molecule has 0 fully saturated rings. The SMILES string of the molecule is O=C(CCNS(=O)(=O)c1ccc(Cl)cc1)Oc1ccc2c(c1)CCC2.[NaH]. The van der Waals surface area contributed by atoms with Crippen LogP contribution in [0.2, 0.25) is 5.02 Å². The van der Waals surface area contributed by atoms with Gasteiger partial charge >= 0.3 is 35.5 Å². The first-order chi connectivity index (χ1) is 11.9. The van der Waals surface area contributed by atoms with E-state index < -0.39 is 16.0 Å². The van der Waals surface area contributed by atoms with Crippen LogP contribution in [0.4, 0.5) is 0 Å². The molecule has 1 aliphatic carbocycles. The summed E-state index contributed by atoms with van der Waals surface area (Å²) in [4.78, 5) is 12.0. The summed E-state index contributed by atoms with van der Waals surface area (Å²) in [6.07, 6.45) is 3.14. The summed E-state index contributed by atoms with van der Waals surface area (Å²) in [6.45, 7) is -0.0330. The molecule has 0 spiro atoms. The number of carbonyl (C=O) groups excluding carboxylic acids is 1. The second kappa shape index (κ2) is 9.35. The molecule has 0 atom stereocenters. The van der Waals surface area contributed by atoms with Crippen molar-refractivity contribution in [3.8, 4) is 5.75 Å². The zero-order chi connectivity index (χ0) is 17.9. The molecular weight excluding hydrogens is 385 g/mol. The molecule has 0 saturated heterocycles. The molecule has 5 nitrogen and oxygen atoms in total. The number of esters is 1.